The van der Waals surface area contributed by atoms with E-state index in [9.17, 15) is 9.59 Å². The maximum atomic E-state index is 14.2. The molecule has 5 aliphatic rings. The fourth-order valence-corrected chi connectivity index (χ4v) is 8.34. The molecule has 1 amide bonds. The second-order valence-corrected chi connectivity index (χ2v) is 9.74. The second kappa shape index (κ2) is 5.84. The summed E-state index contributed by atoms with van der Waals surface area (Å²) in [5, 5.41) is 1.45. The summed E-state index contributed by atoms with van der Waals surface area (Å²) in [6.07, 6.45) is 0.357. The normalized spacial score (nSPS) is 44.1. The SMILES string of the molecule is CON1C(=O)[C@]2(c3ccccc31)[C@@H]1C[C@H]3[C@H](CO1)[C@H]1[C@@H]2[C@]3([C@H](C)OC(C)=O)CN1C. The Morgan fingerprint density at radius 3 is 2.83 bits per heavy atom. The number of benzene rings is 1. The van der Waals surface area contributed by atoms with Crippen molar-refractivity contribution >= 4 is 17.6 Å². The van der Waals surface area contributed by atoms with Crippen molar-refractivity contribution in [2.24, 2.45) is 23.2 Å². The van der Waals surface area contributed by atoms with Crippen LogP contribution in [0.1, 0.15) is 25.8 Å². The van der Waals surface area contributed by atoms with Crippen LogP contribution in [0.25, 0.3) is 0 Å². The first kappa shape index (κ1) is 18.8. The zero-order valence-corrected chi connectivity index (χ0v) is 17.8. The van der Waals surface area contributed by atoms with E-state index >= 15 is 0 Å². The number of amides is 1. The van der Waals surface area contributed by atoms with Crippen molar-refractivity contribution < 1.29 is 23.9 Å². The molecule has 3 aliphatic heterocycles. The molecule has 2 saturated carbocycles. The van der Waals surface area contributed by atoms with Crippen LogP contribution in [0.4, 0.5) is 5.69 Å². The largest absolute Gasteiger partial charge is 0.462 e. The number of hydrogen-bond donors (Lipinski definition) is 0. The molecule has 2 aliphatic carbocycles. The fraction of sp³-hybridized carbons (Fsp3) is 0.652. The van der Waals surface area contributed by atoms with E-state index < -0.39 is 5.41 Å². The van der Waals surface area contributed by atoms with Gasteiger partial charge in [-0.3, -0.25) is 14.4 Å². The Labute approximate surface area is 176 Å². The van der Waals surface area contributed by atoms with Gasteiger partial charge in [-0.2, -0.15) is 5.06 Å². The Hall–Kier alpha value is -1.96. The van der Waals surface area contributed by atoms with Crippen molar-refractivity contribution in [1.82, 2.24) is 4.90 Å². The Morgan fingerprint density at radius 2 is 2.10 bits per heavy atom. The number of carbonyl (C=O) groups excluding carboxylic acids is 2. The number of rotatable bonds is 3. The van der Waals surface area contributed by atoms with Crippen LogP contribution < -0.4 is 5.06 Å². The first-order valence-electron chi connectivity index (χ1n) is 10.9. The summed E-state index contributed by atoms with van der Waals surface area (Å²) in [5.74, 6) is 0.439. The number of carbonyl (C=O) groups is 2. The molecule has 160 valence electrons. The average Bonchev–Trinajstić information content (AvgIpc) is 3.19. The molecule has 6 rings (SSSR count). The van der Waals surface area contributed by atoms with Crippen LogP contribution in [-0.4, -0.2) is 62.3 Å². The monoisotopic (exact) mass is 412 g/mol. The topological polar surface area (TPSA) is 68.3 Å². The summed E-state index contributed by atoms with van der Waals surface area (Å²) < 4.78 is 12.3. The lowest BCUT2D eigenvalue weighted by molar-refractivity contribution is -0.193. The predicted octanol–water partition coefficient (Wildman–Crippen LogP) is 1.75. The van der Waals surface area contributed by atoms with Crippen molar-refractivity contribution in [1.29, 1.82) is 0 Å². The van der Waals surface area contributed by atoms with Gasteiger partial charge in [0, 0.05) is 36.8 Å². The summed E-state index contributed by atoms with van der Waals surface area (Å²) in [4.78, 5) is 34.1. The highest BCUT2D eigenvalue weighted by molar-refractivity contribution is 6.08. The number of piperidine rings is 1. The molecular weight excluding hydrogens is 384 g/mol. The van der Waals surface area contributed by atoms with E-state index in [1.165, 1.54) is 12.0 Å². The smallest absolute Gasteiger partial charge is 0.302 e. The number of nitrogens with zero attached hydrogens (tertiary/aromatic N) is 2. The minimum Gasteiger partial charge on any atom is -0.462 e. The van der Waals surface area contributed by atoms with E-state index in [1.54, 1.807) is 7.11 Å². The van der Waals surface area contributed by atoms with Crippen molar-refractivity contribution in [3.05, 3.63) is 29.8 Å². The molecular formula is C23H28N2O5. The van der Waals surface area contributed by atoms with E-state index in [4.69, 9.17) is 14.3 Å². The van der Waals surface area contributed by atoms with E-state index in [0.29, 0.717) is 18.4 Å². The number of ether oxygens (including phenoxy) is 2. The third kappa shape index (κ3) is 1.81. The van der Waals surface area contributed by atoms with Crippen molar-refractivity contribution in [3.8, 4) is 0 Å². The molecule has 1 aromatic carbocycles. The van der Waals surface area contributed by atoms with Crippen molar-refractivity contribution in [2.45, 2.75) is 43.9 Å². The molecule has 30 heavy (non-hydrogen) atoms. The standard InChI is InChI=1S/C23H28N2O5/c1-12(30-13(2)26)22-11-24(3)19-14-10-29-18(9-16(14)22)23(20(19)22)15-7-5-6-8-17(15)25(28-4)21(23)27/h5-8,12,14,16,18-20H,9-11H2,1-4H3/t12-,14-,16-,18-,19-,20+,22-,23+/m0/s1. The van der Waals surface area contributed by atoms with Crippen molar-refractivity contribution in [3.63, 3.8) is 0 Å². The lowest BCUT2D eigenvalue weighted by Gasteiger charge is -2.57. The van der Waals surface area contributed by atoms with Crippen LogP contribution in [0.15, 0.2) is 24.3 Å². The zero-order chi connectivity index (χ0) is 21.0. The van der Waals surface area contributed by atoms with Crippen LogP contribution in [0.3, 0.4) is 0 Å². The first-order chi connectivity index (χ1) is 14.4. The fourth-order valence-electron chi connectivity index (χ4n) is 8.34. The number of hydroxylamine groups is 1. The summed E-state index contributed by atoms with van der Waals surface area (Å²) in [6.45, 7) is 4.98. The minimum absolute atomic E-state index is 0.00870. The van der Waals surface area contributed by atoms with Gasteiger partial charge in [0.15, 0.2) is 0 Å². The minimum atomic E-state index is -0.821. The quantitative estimate of drug-likeness (QED) is 0.705. The Balaban J connectivity index is 1.62. The molecule has 4 fully saturated rings. The highest BCUT2D eigenvalue weighted by atomic mass is 16.7. The van der Waals surface area contributed by atoms with Gasteiger partial charge in [-0.25, -0.2) is 0 Å². The Kier molecular flexibility index (Phi) is 3.65. The number of anilines is 1. The first-order valence-corrected chi connectivity index (χ1v) is 10.9. The van der Waals surface area contributed by atoms with Gasteiger partial charge in [0.2, 0.25) is 0 Å². The van der Waals surface area contributed by atoms with E-state index in [1.807, 2.05) is 25.1 Å². The predicted molar refractivity (Wildman–Crippen MR) is 108 cm³/mol. The molecule has 7 heteroatoms. The van der Waals surface area contributed by atoms with Crippen LogP contribution in [0.2, 0.25) is 0 Å². The van der Waals surface area contributed by atoms with Gasteiger partial charge in [-0.1, -0.05) is 18.2 Å². The molecule has 0 N–H and O–H groups in total. The van der Waals surface area contributed by atoms with E-state index in [2.05, 4.69) is 18.0 Å². The van der Waals surface area contributed by atoms with Gasteiger partial charge in [0.1, 0.15) is 11.5 Å². The molecule has 2 saturated heterocycles. The van der Waals surface area contributed by atoms with Gasteiger partial charge in [-0.15, -0.1) is 0 Å². The lowest BCUT2D eigenvalue weighted by atomic mass is 9.50. The Bertz CT molecular complexity index is 951. The van der Waals surface area contributed by atoms with Crippen LogP contribution in [0.5, 0.6) is 0 Å². The van der Waals surface area contributed by atoms with Gasteiger partial charge in [0.25, 0.3) is 5.91 Å². The average molecular weight is 412 g/mol. The molecule has 0 unspecified atom stereocenters. The molecule has 5 bridgehead atoms. The maximum Gasteiger partial charge on any atom is 0.302 e. The van der Waals surface area contributed by atoms with Crippen molar-refractivity contribution in [2.75, 3.05) is 32.4 Å². The summed E-state index contributed by atoms with van der Waals surface area (Å²) in [6, 6.07) is 8.16. The zero-order valence-electron chi connectivity index (χ0n) is 17.8. The van der Waals surface area contributed by atoms with Gasteiger partial charge < -0.3 is 14.4 Å². The van der Waals surface area contributed by atoms with Crippen LogP contribution >= 0.6 is 0 Å². The third-order valence-corrected chi connectivity index (χ3v) is 8.94. The van der Waals surface area contributed by atoms with Gasteiger partial charge in [0.05, 0.1) is 25.5 Å². The highest BCUT2D eigenvalue weighted by Crippen LogP contribution is 2.74. The Morgan fingerprint density at radius 1 is 1.33 bits per heavy atom. The molecule has 8 atom stereocenters. The number of esters is 1. The number of likely N-dealkylation sites (tertiary alicyclic amines) is 1. The molecule has 1 aromatic rings. The number of hydrogen-bond acceptors (Lipinski definition) is 6. The van der Waals surface area contributed by atoms with Crippen LogP contribution in [-0.2, 0) is 29.3 Å². The number of para-hydroxylation sites is 1. The lowest BCUT2D eigenvalue weighted by Crippen LogP contribution is -2.66. The molecule has 0 radical (unpaired) electrons. The summed E-state index contributed by atoms with van der Waals surface area (Å²) in [5.41, 5.74) is 0.702. The third-order valence-electron chi connectivity index (χ3n) is 8.94. The van der Waals surface area contributed by atoms with Crippen LogP contribution in [0, 0.1) is 23.2 Å². The molecule has 1 spiro atoms. The van der Waals surface area contributed by atoms with Gasteiger partial charge in [-0.05, 0) is 37.9 Å². The van der Waals surface area contributed by atoms with E-state index in [-0.39, 0.29) is 41.5 Å². The second-order valence-electron chi connectivity index (χ2n) is 9.74. The van der Waals surface area contributed by atoms with Gasteiger partial charge >= 0.3 is 5.97 Å². The number of fused-ring (bicyclic) bond motifs is 5. The van der Waals surface area contributed by atoms with E-state index in [0.717, 1.165) is 24.2 Å². The molecule has 3 heterocycles. The molecule has 0 aromatic heterocycles. The molecule has 7 nitrogen and oxygen atoms in total. The summed E-state index contributed by atoms with van der Waals surface area (Å²) >= 11 is 0. The maximum absolute atomic E-state index is 14.2. The highest BCUT2D eigenvalue weighted by Gasteiger charge is 2.82. The summed E-state index contributed by atoms with van der Waals surface area (Å²) in [7, 11) is 3.69.